The first-order chi connectivity index (χ1) is 11.0. The van der Waals surface area contributed by atoms with Crippen LogP contribution in [0.1, 0.15) is 22.3 Å². The molecule has 122 valence electrons. The number of rotatable bonds is 6. The molecule has 0 atom stereocenters. The monoisotopic (exact) mass is 377 g/mol. The van der Waals surface area contributed by atoms with E-state index >= 15 is 0 Å². The predicted molar refractivity (Wildman–Crippen MR) is 93.3 cm³/mol. The van der Waals surface area contributed by atoms with Gasteiger partial charge in [0.2, 0.25) is 5.91 Å². The summed E-state index contributed by atoms with van der Waals surface area (Å²) in [5.41, 5.74) is 3.63. The zero-order valence-corrected chi connectivity index (χ0v) is 14.8. The first kappa shape index (κ1) is 17.5. The fourth-order valence-electron chi connectivity index (χ4n) is 2.32. The van der Waals surface area contributed by atoms with Crippen molar-refractivity contribution in [1.82, 2.24) is 5.32 Å². The minimum absolute atomic E-state index is 0.0714. The van der Waals surface area contributed by atoms with Crippen LogP contribution in [0.3, 0.4) is 0 Å². The van der Waals surface area contributed by atoms with E-state index in [0.29, 0.717) is 6.61 Å². The highest BCUT2D eigenvalue weighted by atomic mass is 79.9. The van der Waals surface area contributed by atoms with E-state index in [1.54, 1.807) is 7.05 Å². The van der Waals surface area contributed by atoms with E-state index in [9.17, 15) is 9.90 Å². The van der Waals surface area contributed by atoms with Gasteiger partial charge in [-0.1, -0.05) is 24.3 Å². The number of nitrogens with one attached hydrogen (secondary N) is 1. The third kappa shape index (κ3) is 4.56. The molecule has 0 saturated carbocycles. The molecule has 2 aromatic rings. The molecule has 0 aliphatic carbocycles. The average Bonchev–Trinajstić information content (AvgIpc) is 2.54. The quantitative estimate of drug-likeness (QED) is 0.812. The number of aryl methyl sites for hydroxylation is 1. The van der Waals surface area contributed by atoms with E-state index in [0.717, 1.165) is 32.5 Å². The van der Waals surface area contributed by atoms with E-state index in [4.69, 9.17) is 4.74 Å². The highest BCUT2D eigenvalue weighted by Gasteiger charge is 2.12. The predicted octanol–water partition coefficient (Wildman–Crippen LogP) is 3.12. The van der Waals surface area contributed by atoms with Crippen molar-refractivity contribution in [2.45, 2.75) is 26.6 Å². The van der Waals surface area contributed by atoms with E-state index in [1.807, 2.05) is 43.3 Å². The summed E-state index contributed by atoms with van der Waals surface area (Å²) in [5, 5.41) is 12.2. The number of carbonyl (C=O) groups is 1. The molecule has 0 aliphatic heterocycles. The van der Waals surface area contributed by atoms with Crippen LogP contribution < -0.4 is 10.1 Å². The van der Waals surface area contributed by atoms with Crippen LogP contribution in [0, 0.1) is 6.92 Å². The number of benzene rings is 2. The Hall–Kier alpha value is -1.85. The van der Waals surface area contributed by atoms with Crippen LogP contribution in [0.2, 0.25) is 0 Å². The van der Waals surface area contributed by atoms with Crippen LogP contribution in [0.5, 0.6) is 5.75 Å². The Morgan fingerprint density at radius 1 is 1.26 bits per heavy atom. The van der Waals surface area contributed by atoms with Crippen molar-refractivity contribution in [3.05, 3.63) is 63.1 Å². The molecule has 5 heteroatoms. The van der Waals surface area contributed by atoms with Crippen molar-refractivity contribution in [2.24, 2.45) is 0 Å². The molecular formula is C18H20BrNO3. The van der Waals surface area contributed by atoms with Gasteiger partial charge >= 0.3 is 0 Å². The molecule has 2 aromatic carbocycles. The molecule has 0 radical (unpaired) electrons. The smallest absolute Gasteiger partial charge is 0.224 e. The second-order valence-electron chi connectivity index (χ2n) is 5.29. The van der Waals surface area contributed by atoms with Crippen molar-refractivity contribution in [1.29, 1.82) is 0 Å². The second kappa shape index (κ2) is 8.13. The van der Waals surface area contributed by atoms with Gasteiger partial charge in [0.1, 0.15) is 12.4 Å². The van der Waals surface area contributed by atoms with Crippen molar-refractivity contribution in [3.63, 3.8) is 0 Å². The number of likely N-dealkylation sites (N-methyl/N-ethyl adjacent to an activating group) is 1. The molecule has 0 saturated heterocycles. The summed E-state index contributed by atoms with van der Waals surface area (Å²) >= 11 is 3.49. The largest absolute Gasteiger partial charge is 0.488 e. The molecule has 0 spiro atoms. The Kier molecular flexibility index (Phi) is 6.19. The molecular weight excluding hydrogens is 358 g/mol. The molecule has 0 unspecified atom stereocenters. The Morgan fingerprint density at radius 2 is 2.00 bits per heavy atom. The number of amides is 1. The molecule has 2 rings (SSSR count). The molecule has 0 fully saturated rings. The zero-order valence-electron chi connectivity index (χ0n) is 13.2. The fourth-order valence-corrected chi connectivity index (χ4v) is 2.93. The van der Waals surface area contributed by atoms with E-state index in [1.165, 1.54) is 0 Å². The maximum absolute atomic E-state index is 11.7. The lowest BCUT2D eigenvalue weighted by atomic mass is 9.99. The van der Waals surface area contributed by atoms with Gasteiger partial charge in [0.05, 0.1) is 17.5 Å². The number of hydrogen-bond acceptors (Lipinski definition) is 3. The minimum Gasteiger partial charge on any atom is -0.488 e. The highest BCUT2D eigenvalue weighted by Crippen LogP contribution is 2.27. The summed E-state index contributed by atoms with van der Waals surface area (Å²) in [6.07, 6.45) is 0.262. The van der Waals surface area contributed by atoms with E-state index in [-0.39, 0.29) is 18.9 Å². The first-order valence-electron chi connectivity index (χ1n) is 7.35. The summed E-state index contributed by atoms with van der Waals surface area (Å²) in [7, 11) is 1.61. The van der Waals surface area contributed by atoms with Crippen LogP contribution in [0.25, 0.3) is 0 Å². The van der Waals surface area contributed by atoms with Crippen LogP contribution >= 0.6 is 15.9 Å². The molecule has 2 N–H and O–H groups in total. The summed E-state index contributed by atoms with van der Waals surface area (Å²) in [6, 6.07) is 11.4. The highest BCUT2D eigenvalue weighted by molar-refractivity contribution is 9.10. The van der Waals surface area contributed by atoms with Gasteiger partial charge in [0, 0.05) is 7.05 Å². The summed E-state index contributed by atoms with van der Waals surface area (Å²) in [6.45, 7) is 2.22. The zero-order chi connectivity index (χ0) is 16.8. The molecule has 23 heavy (non-hydrogen) atoms. The lowest BCUT2D eigenvalue weighted by Gasteiger charge is -2.15. The second-order valence-corrected chi connectivity index (χ2v) is 6.14. The van der Waals surface area contributed by atoms with Gasteiger partial charge < -0.3 is 15.2 Å². The third-order valence-corrected chi connectivity index (χ3v) is 4.25. The van der Waals surface area contributed by atoms with Gasteiger partial charge in [-0.25, -0.2) is 0 Å². The van der Waals surface area contributed by atoms with Gasteiger partial charge in [-0.2, -0.15) is 0 Å². The normalized spacial score (nSPS) is 10.4. The van der Waals surface area contributed by atoms with Crippen LogP contribution in [-0.2, 0) is 24.4 Å². The van der Waals surface area contributed by atoms with Crippen molar-refractivity contribution >= 4 is 21.8 Å². The Morgan fingerprint density at radius 3 is 2.65 bits per heavy atom. The first-order valence-corrected chi connectivity index (χ1v) is 8.14. The van der Waals surface area contributed by atoms with Gasteiger partial charge in [0.15, 0.2) is 0 Å². The molecule has 4 nitrogen and oxygen atoms in total. The fraction of sp³-hybridized carbons (Fsp3) is 0.278. The third-order valence-electron chi connectivity index (χ3n) is 3.63. The standard InChI is InChI=1S/C18H20BrNO3/c1-12-6-7-17(16(19)8-12)23-11-15-13(9-18(22)20-2)4-3-5-14(15)10-21/h3-8,21H,9-11H2,1-2H3,(H,20,22). The Labute approximate surface area is 144 Å². The number of ether oxygens (including phenoxy) is 1. The number of halogens is 1. The summed E-state index contributed by atoms with van der Waals surface area (Å²) in [5.74, 6) is 0.659. The van der Waals surface area contributed by atoms with Gasteiger partial charge in [0.25, 0.3) is 0 Å². The van der Waals surface area contributed by atoms with Crippen molar-refractivity contribution < 1.29 is 14.6 Å². The van der Waals surface area contributed by atoms with Crippen LogP contribution in [-0.4, -0.2) is 18.1 Å². The van der Waals surface area contributed by atoms with E-state index < -0.39 is 0 Å². The molecule has 0 aromatic heterocycles. The van der Waals surface area contributed by atoms with Crippen molar-refractivity contribution in [3.8, 4) is 5.75 Å². The lowest BCUT2D eigenvalue weighted by molar-refractivity contribution is -0.119. The number of carbonyl (C=O) groups excluding carboxylic acids is 1. The van der Waals surface area contributed by atoms with E-state index in [2.05, 4.69) is 21.2 Å². The SMILES string of the molecule is CNC(=O)Cc1cccc(CO)c1COc1ccc(C)cc1Br. The van der Waals surface area contributed by atoms with Crippen molar-refractivity contribution in [2.75, 3.05) is 7.05 Å². The topological polar surface area (TPSA) is 58.6 Å². The number of aliphatic hydroxyl groups is 1. The number of hydrogen-bond donors (Lipinski definition) is 2. The van der Waals surface area contributed by atoms with Gasteiger partial charge in [-0.05, 0) is 57.2 Å². The van der Waals surface area contributed by atoms with Crippen LogP contribution in [0.15, 0.2) is 40.9 Å². The molecule has 1 amide bonds. The molecule has 0 bridgehead atoms. The lowest BCUT2D eigenvalue weighted by Crippen LogP contribution is -2.21. The minimum atomic E-state index is -0.0880. The van der Waals surface area contributed by atoms with Gasteiger partial charge in [-0.3, -0.25) is 4.79 Å². The maximum Gasteiger partial charge on any atom is 0.224 e. The molecule has 0 heterocycles. The van der Waals surface area contributed by atoms with Crippen LogP contribution in [0.4, 0.5) is 0 Å². The van der Waals surface area contributed by atoms with Gasteiger partial charge in [-0.15, -0.1) is 0 Å². The maximum atomic E-state index is 11.7. The Bertz CT molecular complexity index is 701. The summed E-state index contributed by atoms with van der Waals surface area (Å²) < 4.78 is 6.77. The summed E-state index contributed by atoms with van der Waals surface area (Å²) in [4.78, 5) is 11.7. The average molecular weight is 378 g/mol. The molecule has 0 aliphatic rings. The Balaban J connectivity index is 2.24. The number of aliphatic hydroxyl groups excluding tert-OH is 1.